The van der Waals surface area contributed by atoms with Gasteiger partial charge in [-0.05, 0) is 44.4 Å². The molecule has 0 radical (unpaired) electrons. The average molecular weight is 276 g/mol. The van der Waals surface area contributed by atoms with Crippen molar-refractivity contribution in [1.82, 2.24) is 4.90 Å². The monoisotopic (exact) mass is 276 g/mol. The van der Waals surface area contributed by atoms with E-state index in [4.69, 9.17) is 5.41 Å². The minimum Gasteiger partial charge on any atom is -0.355 e. The number of nitrogens with one attached hydrogen (secondary N) is 1. The lowest BCUT2D eigenvalue weighted by Crippen LogP contribution is -2.54. The van der Waals surface area contributed by atoms with E-state index in [2.05, 4.69) is 47.4 Å². The Morgan fingerprint density at radius 2 is 1.85 bits per heavy atom. The molecule has 1 saturated carbocycles. The summed E-state index contributed by atoms with van der Waals surface area (Å²) in [4.78, 5) is 2.44. The van der Waals surface area contributed by atoms with E-state index in [1.165, 1.54) is 25.7 Å². The van der Waals surface area contributed by atoms with Crippen molar-refractivity contribution in [3.05, 3.63) is 0 Å². The molecule has 2 aliphatic rings. The first kappa shape index (κ1) is 15.9. The van der Waals surface area contributed by atoms with Gasteiger partial charge in [-0.3, -0.25) is 5.41 Å². The number of rotatable bonds is 2. The van der Waals surface area contributed by atoms with Crippen molar-refractivity contribution >= 4 is 13.7 Å². The maximum Gasteiger partial charge on any atom is 0.109 e. The summed E-state index contributed by atoms with van der Waals surface area (Å²) in [6, 6.07) is 1.08. The molecule has 2 rings (SSSR count). The highest BCUT2D eigenvalue weighted by Crippen LogP contribution is 2.54. The fraction of sp³-hybridized carbons (Fsp3) is 0.941. The third kappa shape index (κ3) is 2.65. The molecular formula is C17H33BN2. The van der Waals surface area contributed by atoms with Gasteiger partial charge in [0.1, 0.15) is 7.85 Å². The van der Waals surface area contributed by atoms with E-state index in [-0.39, 0.29) is 0 Å². The standard InChI is InChI=1S/C17H33BN2/c1-11(2)13-7-6-8-15-14(17(13,5)18)9-10-16(19)20(15)12(3)4/h11-15,19H,6-10,18H2,1-5H3. The van der Waals surface area contributed by atoms with Gasteiger partial charge < -0.3 is 4.90 Å². The van der Waals surface area contributed by atoms with Crippen molar-refractivity contribution in [2.24, 2.45) is 17.8 Å². The number of hydrogen-bond acceptors (Lipinski definition) is 1. The fourth-order valence-corrected chi connectivity index (χ4v) is 5.30. The fourth-order valence-electron chi connectivity index (χ4n) is 5.30. The Balaban J connectivity index is 2.33. The number of piperidine rings is 1. The number of likely N-dealkylation sites (tertiary alicyclic amines) is 1. The summed E-state index contributed by atoms with van der Waals surface area (Å²) in [6.45, 7) is 11.8. The minimum atomic E-state index is 0.406. The van der Waals surface area contributed by atoms with Gasteiger partial charge in [0.05, 0.1) is 5.84 Å². The molecule has 4 atom stereocenters. The van der Waals surface area contributed by atoms with Crippen LogP contribution in [0.15, 0.2) is 0 Å². The normalized spacial score (nSPS) is 39.0. The Morgan fingerprint density at radius 3 is 2.40 bits per heavy atom. The van der Waals surface area contributed by atoms with Crippen LogP contribution in [0.25, 0.3) is 0 Å². The molecule has 0 bridgehead atoms. The van der Waals surface area contributed by atoms with Crippen LogP contribution in [0.1, 0.15) is 66.7 Å². The molecule has 3 heteroatoms. The highest BCUT2D eigenvalue weighted by atomic mass is 15.2. The molecule has 0 spiro atoms. The van der Waals surface area contributed by atoms with Crippen molar-refractivity contribution in [3.63, 3.8) is 0 Å². The van der Waals surface area contributed by atoms with E-state index in [1.54, 1.807) is 0 Å². The zero-order valence-corrected chi connectivity index (χ0v) is 14.4. The largest absolute Gasteiger partial charge is 0.355 e. The lowest BCUT2D eigenvalue weighted by Gasteiger charge is -2.52. The van der Waals surface area contributed by atoms with Crippen LogP contribution in [0.3, 0.4) is 0 Å². The molecule has 2 fully saturated rings. The number of nitrogens with zero attached hydrogens (tertiary/aromatic N) is 1. The summed E-state index contributed by atoms with van der Waals surface area (Å²) < 4.78 is 0. The minimum absolute atomic E-state index is 0.406. The zero-order chi connectivity index (χ0) is 15.1. The Bertz CT molecular complexity index is 362. The van der Waals surface area contributed by atoms with Crippen molar-refractivity contribution in [2.75, 3.05) is 0 Å². The van der Waals surface area contributed by atoms with E-state index < -0.39 is 0 Å². The summed E-state index contributed by atoms with van der Waals surface area (Å²) in [5.41, 5.74) is 0. The predicted octanol–water partition coefficient (Wildman–Crippen LogP) is 3.72. The summed E-state index contributed by atoms with van der Waals surface area (Å²) in [7, 11) is 2.51. The van der Waals surface area contributed by atoms with E-state index in [1.807, 2.05) is 0 Å². The van der Waals surface area contributed by atoms with Crippen LogP contribution >= 0.6 is 0 Å². The van der Waals surface area contributed by atoms with E-state index >= 15 is 0 Å². The molecule has 1 aliphatic heterocycles. The second-order valence-corrected chi connectivity index (χ2v) is 8.26. The van der Waals surface area contributed by atoms with Gasteiger partial charge in [0.25, 0.3) is 0 Å². The highest BCUT2D eigenvalue weighted by molar-refractivity contribution is 6.15. The van der Waals surface area contributed by atoms with E-state index in [0.717, 1.165) is 30.0 Å². The lowest BCUT2D eigenvalue weighted by atomic mass is 9.50. The molecule has 0 amide bonds. The van der Waals surface area contributed by atoms with Crippen molar-refractivity contribution < 1.29 is 0 Å². The maximum atomic E-state index is 8.36. The molecule has 20 heavy (non-hydrogen) atoms. The summed E-state index contributed by atoms with van der Waals surface area (Å²) in [5, 5.41) is 8.77. The summed E-state index contributed by atoms with van der Waals surface area (Å²) in [6.07, 6.45) is 6.20. The van der Waals surface area contributed by atoms with Gasteiger partial charge in [-0.15, -0.1) is 0 Å². The molecule has 1 N–H and O–H groups in total. The molecule has 0 aromatic carbocycles. The second-order valence-electron chi connectivity index (χ2n) is 8.26. The molecule has 1 heterocycles. The van der Waals surface area contributed by atoms with Gasteiger partial charge in [0.15, 0.2) is 0 Å². The van der Waals surface area contributed by atoms with Gasteiger partial charge >= 0.3 is 0 Å². The van der Waals surface area contributed by atoms with Crippen LogP contribution in [0.4, 0.5) is 0 Å². The molecule has 1 saturated heterocycles. The highest BCUT2D eigenvalue weighted by Gasteiger charge is 2.48. The smallest absolute Gasteiger partial charge is 0.109 e. The maximum absolute atomic E-state index is 8.36. The second kappa shape index (κ2) is 5.73. The quantitative estimate of drug-likeness (QED) is 0.765. The van der Waals surface area contributed by atoms with Crippen LogP contribution in [-0.4, -0.2) is 30.7 Å². The van der Waals surface area contributed by atoms with E-state index in [0.29, 0.717) is 17.4 Å². The third-order valence-corrected chi connectivity index (χ3v) is 6.11. The van der Waals surface area contributed by atoms with Gasteiger partial charge in [-0.25, -0.2) is 0 Å². The SMILES string of the molecule is BC1(C)C(C(C)C)CCCC2C1CCC(=N)N2C(C)C. The summed E-state index contributed by atoms with van der Waals surface area (Å²) >= 11 is 0. The Hall–Kier alpha value is -0.465. The number of hydrogen-bond donors (Lipinski definition) is 1. The third-order valence-electron chi connectivity index (χ3n) is 6.11. The lowest BCUT2D eigenvalue weighted by molar-refractivity contribution is 0.103. The molecule has 2 nitrogen and oxygen atoms in total. The van der Waals surface area contributed by atoms with Gasteiger partial charge in [-0.1, -0.05) is 38.9 Å². The molecule has 0 aromatic heterocycles. The predicted molar refractivity (Wildman–Crippen MR) is 90.3 cm³/mol. The summed E-state index contributed by atoms with van der Waals surface area (Å²) in [5.74, 6) is 3.25. The molecule has 1 aliphatic carbocycles. The molecular weight excluding hydrogens is 243 g/mol. The van der Waals surface area contributed by atoms with Crippen molar-refractivity contribution in [3.8, 4) is 0 Å². The van der Waals surface area contributed by atoms with Gasteiger partial charge in [0, 0.05) is 18.5 Å². The van der Waals surface area contributed by atoms with Crippen molar-refractivity contribution in [2.45, 2.75) is 84.1 Å². The van der Waals surface area contributed by atoms with Crippen LogP contribution in [0.2, 0.25) is 5.31 Å². The van der Waals surface area contributed by atoms with Crippen LogP contribution < -0.4 is 0 Å². The Kier molecular flexibility index (Phi) is 4.56. The average Bonchev–Trinajstić information content (AvgIpc) is 2.44. The zero-order valence-electron chi connectivity index (χ0n) is 14.4. The molecule has 4 unspecified atom stereocenters. The Morgan fingerprint density at radius 1 is 1.20 bits per heavy atom. The van der Waals surface area contributed by atoms with Crippen LogP contribution in [0.5, 0.6) is 0 Å². The number of fused-ring (bicyclic) bond motifs is 1. The topological polar surface area (TPSA) is 27.1 Å². The first-order valence-electron chi connectivity index (χ1n) is 8.62. The molecule has 0 aromatic rings. The number of amidine groups is 1. The van der Waals surface area contributed by atoms with E-state index in [9.17, 15) is 0 Å². The first-order chi connectivity index (χ1) is 9.26. The van der Waals surface area contributed by atoms with Gasteiger partial charge in [0.2, 0.25) is 0 Å². The van der Waals surface area contributed by atoms with Crippen LogP contribution in [-0.2, 0) is 0 Å². The Labute approximate surface area is 126 Å². The first-order valence-corrected chi connectivity index (χ1v) is 8.62. The van der Waals surface area contributed by atoms with Gasteiger partial charge in [-0.2, -0.15) is 0 Å². The van der Waals surface area contributed by atoms with Crippen molar-refractivity contribution in [1.29, 1.82) is 5.41 Å². The molecule has 114 valence electrons. The van der Waals surface area contributed by atoms with Crippen LogP contribution in [0, 0.1) is 23.2 Å².